The summed E-state index contributed by atoms with van der Waals surface area (Å²) in [5.74, 6) is -5.56. The van der Waals surface area contributed by atoms with E-state index in [-0.39, 0.29) is 18.2 Å². The van der Waals surface area contributed by atoms with Gasteiger partial charge in [0.25, 0.3) is 11.8 Å². The molecule has 0 aromatic heterocycles. The number of ether oxygens (including phenoxy) is 1. The Kier molecular flexibility index (Phi) is 3.65. The molecular formula is C15H9F3N2O3. The highest BCUT2D eigenvalue weighted by atomic mass is 19.2. The van der Waals surface area contributed by atoms with Crippen molar-refractivity contribution in [2.75, 3.05) is 17.2 Å². The molecule has 1 aliphatic heterocycles. The Morgan fingerprint density at radius 2 is 1.91 bits per heavy atom. The summed E-state index contributed by atoms with van der Waals surface area (Å²) < 4.78 is 44.8. The lowest BCUT2D eigenvalue weighted by atomic mass is 10.1. The highest BCUT2D eigenvalue weighted by molar-refractivity contribution is 6.05. The SMILES string of the molecule is O=C1COc2ccc(NC(=O)c3ccc(F)c(F)c3F)cc2N1. The number of hydrogen-bond acceptors (Lipinski definition) is 3. The van der Waals surface area contributed by atoms with Gasteiger partial charge in [-0.2, -0.15) is 0 Å². The van der Waals surface area contributed by atoms with E-state index in [2.05, 4.69) is 10.6 Å². The Hall–Kier alpha value is -3.03. The molecule has 2 aromatic rings. The zero-order chi connectivity index (χ0) is 16.6. The molecule has 0 fully saturated rings. The van der Waals surface area contributed by atoms with Crippen LogP contribution in [0.5, 0.6) is 5.75 Å². The van der Waals surface area contributed by atoms with E-state index in [4.69, 9.17) is 4.74 Å². The van der Waals surface area contributed by atoms with Crippen molar-refractivity contribution in [2.45, 2.75) is 0 Å². The number of amides is 2. The second-order valence-electron chi connectivity index (χ2n) is 4.72. The molecule has 23 heavy (non-hydrogen) atoms. The van der Waals surface area contributed by atoms with Gasteiger partial charge in [0, 0.05) is 5.69 Å². The molecule has 0 unspecified atom stereocenters. The lowest BCUT2D eigenvalue weighted by molar-refractivity contribution is -0.118. The van der Waals surface area contributed by atoms with Crippen LogP contribution >= 0.6 is 0 Å². The first-order chi connectivity index (χ1) is 11.0. The summed E-state index contributed by atoms with van der Waals surface area (Å²) in [4.78, 5) is 23.2. The van der Waals surface area contributed by atoms with Crippen molar-refractivity contribution in [1.29, 1.82) is 0 Å². The summed E-state index contributed by atoms with van der Waals surface area (Å²) in [5, 5.41) is 4.88. The van der Waals surface area contributed by atoms with Crippen LogP contribution in [-0.2, 0) is 4.79 Å². The number of halogens is 3. The Morgan fingerprint density at radius 3 is 2.70 bits per heavy atom. The van der Waals surface area contributed by atoms with Gasteiger partial charge in [0.15, 0.2) is 24.1 Å². The van der Waals surface area contributed by atoms with E-state index in [0.717, 1.165) is 6.07 Å². The van der Waals surface area contributed by atoms with Crippen molar-refractivity contribution in [3.63, 3.8) is 0 Å². The first-order valence-corrected chi connectivity index (χ1v) is 6.47. The van der Waals surface area contributed by atoms with E-state index in [9.17, 15) is 22.8 Å². The number of carbonyl (C=O) groups excluding carboxylic acids is 2. The van der Waals surface area contributed by atoms with Crippen LogP contribution in [0, 0.1) is 17.5 Å². The lowest BCUT2D eigenvalue weighted by Crippen LogP contribution is -2.25. The molecule has 0 atom stereocenters. The number of carbonyl (C=O) groups is 2. The predicted octanol–water partition coefficient (Wildman–Crippen LogP) is 2.69. The van der Waals surface area contributed by atoms with Gasteiger partial charge >= 0.3 is 0 Å². The molecule has 0 saturated carbocycles. The van der Waals surface area contributed by atoms with Crippen LogP contribution in [0.15, 0.2) is 30.3 Å². The van der Waals surface area contributed by atoms with Crippen LogP contribution < -0.4 is 15.4 Å². The van der Waals surface area contributed by atoms with E-state index in [0.29, 0.717) is 17.5 Å². The minimum atomic E-state index is -1.72. The zero-order valence-corrected chi connectivity index (χ0v) is 11.5. The molecular weight excluding hydrogens is 313 g/mol. The van der Waals surface area contributed by atoms with Gasteiger partial charge in [-0.05, 0) is 30.3 Å². The average molecular weight is 322 g/mol. The van der Waals surface area contributed by atoms with Gasteiger partial charge in [-0.3, -0.25) is 9.59 Å². The topological polar surface area (TPSA) is 67.4 Å². The fourth-order valence-corrected chi connectivity index (χ4v) is 2.06. The highest BCUT2D eigenvalue weighted by Gasteiger charge is 2.20. The molecule has 0 bridgehead atoms. The fraction of sp³-hybridized carbons (Fsp3) is 0.0667. The van der Waals surface area contributed by atoms with Crippen molar-refractivity contribution in [3.05, 3.63) is 53.3 Å². The molecule has 0 saturated heterocycles. The molecule has 1 heterocycles. The van der Waals surface area contributed by atoms with Crippen molar-refractivity contribution in [3.8, 4) is 5.75 Å². The van der Waals surface area contributed by atoms with Gasteiger partial charge in [0.05, 0.1) is 11.3 Å². The maximum atomic E-state index is 13.6. The third-order valence-electron chi connectivity index (χ3n) is 3.15. The lowest BCUT2D eigenvalue weighted by Gasteiger charge is -2.18. The van der Waals surface area contributed by atoms with Crippen molar-refractivity contribution in [1.82, 2.24) is 0 Å². The summed E-state index contributed by atoms with van der Waals surface area (Å²) in [6.45, 7) is -0.112. The second kappa shape index (κ2) is 5.64. The highest BCUT2D eigenvalue weighted by Crippen LogP contribution is 2.30. The number of rotatable bonds is 2. The van der Waals surface area contributed by atoms with E-state index >= 15 is 0 Å². The van der Waals surface area contributed by atoms with Gasteiger partial charge in [0.1, 0.15) is 5.75 Å². The molecule has 3 rings (SSSR count). The number of nitrogens with one attached hydrogen (secondary N) is 2. The van der Waals surface area contributed by atoms with Gasteiger partial charge in [-0.15, -0.1) is 0 Å². The first kappa shape index (κ1) is 14.9. The molecule has 0 aliphatic carbocycles. The number of fused-ring (bicyclic) bond motifs is 1. The van der Waals surface area contributed by atoms with Crippen molar-refractivity contribution in [2.24, 2.45) is 0 Å². The molecule has 8 heteroatoms. The van der Waals surface area contributed by atoms with E-state index in [1.54, 1.807) is 0 Å². The monoisotopic (exact) mass is 322 g/mol. The van der Waals surface area contributed by atoms with Crippen LogP contribution in [-0.4, -0.2) is 18.4 Å². The maximum absolute atomic E-state index is 13.6. The van der Waals surface area contributed by atoms with Gasteiger partial charge in [-0.1, -0.05) is 0 Å². The van der Waals surface area contributed by atoms with E-state index < -0.39 is 28.9 Å². The summed E-state index contributed by atoms with van der Waals surface area (Å²) in [6.07, 6.45) is 0. The normalized spacial score (nSPS) is 12.9. The van der Waals surface area contributed by atoms with Crippen molar-refractivity contribution < 1.29 is 27.5 Å². The molecule has 118 valence electrons. The van der Waals surface area contributed by atoms with Crippen molar-refractivity contribution >= 4 is 23.2 Å². The molecule has 0 spiro atoms. The molecule has 5 nitrogen and oxygen atoms in total. The average Bonchev–Trinajstić information content (AvgIpc) is 2.52. The summed E-state index contributed by atoms with van der Waals surface area (Å²) in [6, 6.07) is 5.88. The summed E-state index contributed by atoms with van der Waals surface area (Å²) >= 11 is 0. The number of hydrogen-bond donors (Lipinski definition) is 2. The largest absolute Gasteiger partial charge is 0.482 e. The van der Waals surface area contributed by atoms with Crippen LogP contribution in [0.3, 0.4) is 0 Å². The smallest absolute Gasteiger partial charge is 0.262 e. The summed E-state index contributed by atoms with van der Waals surface area (Å²) in [5.41, 5.74) is -0.0737. The van der Waals surface area contributed by atoms with Gasteiger partial charge in [0.2, 0.25) is 0 Å². The predicted molar refractivity (Wildman–Crippen MR) is 74.8 cm³/mol. The number of benzene rings is 2. The standard InChI is InChI=1S/C15H9F3N2O3/c16-9-3-2-8(13(17)14(9)18)15(22)19-7-1-4-11-10(5-7)20-12(21)6-23-11/h1-5H,6H2,(H,19,22)(H,20,21). The van der Waals surface area contributed by atoms with Crippen LogP contribution in [0.1, 0.15) is 10.4 Å². The quantitative estimate of drug-likeness (QED) is 0.836. The fourth-order valence-electron chi connectivity index (χ4n) is 2.06. The van der Waals surface area contributed by atoms with Crippen LogP contribution in [0.2, 0.25) is 0 Å². The third-order valence-corrected chi connectivity index (χ3v) is 3.15. The molecule has 2 N–H and O–H groups in total. The third kappa shape index (κ3) is 2.83. The maximum Gasteiger partial charge on any atom is 0.262 e. The molecule has 1 aliphatic rings. The molecule has 2 aromatic carbocycles. The first-order valence-electron chi connectivity index (χ1n) is 6.47. The van der Waals surface area contributed by atoms with E-state index in [1.165, 1.54) is 18.2 Å². The zero-order valence-electron chi connectivity index (χ0n) is 11.5. The molecule has 2 amide bonds. The Balaban J connectivity index is 1.85. The van der Waals surface area contributed by atoms with Gasteiger partial charge in [-0.25, -0.2) is 13.2 Å². The number of anilines is 2. The minimum absolute atomic E-state index is 0.112. The second-order valence-corrected chi connectivity index (χ2v) is 4.72. The Morgan fingerprint density at radius 1 is 1.13 bits per heavy atom. The van der Waals surface area contributed by atoms with Gasteiger partial charge < -0.3 is 15.4 Å². The minimum Gasteiger partial charge on any atom is -0.482 e. The Bertz CT molecular complexity index is 824. The Labute approximate surface area is 128 Å². The van der Waals surface area contributed by atoms with Crippen LogP contribution in [0.25, 0.3) is 0 Å². The summed E-state index contributed by atoms with van der Waals surface area (Å²) in [7, 11) is 0. The molecule has 0 radical (unpaired) electrons. The van der Waals surface area contributed by atoms with Crippen LogP contribution in [0.4, 0.5) is 24.5 Å². The van der Waals surface area contributed by atoms with E-state index in [1.807, 2.05) is 0 Å².